The molecule has 0 heterocycles. The lowest BCUT2D eigenvalue weighted by molar-refractivity contribution is 0.660. The monoisotopic (exact) mass is 739 g/mol. The van der Waals surface area contributed by atoms with Crippen molar-refractivity contribution < 1.29 is 0 Å². The molecule has 10 aromatic carbocycles. The van der Waals surface area contributed by atoms with E-state index in [1.807, 2.05) is 0 Å². The van der Waals surface area contributed by atoms with E-state index in [1.165, 1.54) is 88.0 Å². The standard InChI is InChI=1S/C57H41N/c1-57(2)52-31-14-12-28-47(52)48-35-34-41(37-53(48)57)58(54-32-15-13-25-44(54)39-18-4-3-5-19-39)55-33-17-30-50(56(55)49-29-16-22-38-20-6-8-23-42(38)49)51-36-40-21-7-9-24-43(40)45-26-10-11-27-46(45)51/h3-37H,1-2H3. The molecule has 0 bridgehead atoms. The summed E-state index contributed by atoms with van der Waals surface area (Å²) in [5.74, 6) is 0. The van der Waals surface area contributed by atoms with Crippen LogP contribution < -0.4 is 4.90 Å². The van der Waals surface area contributed by atoms with Crippen LogP contribution in [0.1, 0.15) is 25.0 Å². The van der Waals surface area contributed by atoms with Crippen LogP contribution in [0.5, 0.6) is 0 Å². The minimum absolute atomic E-state index is 0.156. The van der Waals surface area contributed by atoms with Crippen molar-refractivity contribution in [1.82, 2.24) is 0 Å². The van der Waals surface area contributed by atoms with Gasteiger partial charge in [-0.2, -0.15) is 0 Å². The van der Waals surface area contributed by atoms with Crippen LogP contribution in [0.15, 0.2) is 212 Å². The number of fused-ring (bicyclic) bond motifs is 7. The quantitative estimate of drug-likeness (QED) is 0.154. The van der Waals surface area contributed by atoms with Gasteiger partial charge in [0.25, 0.3) is 0 Å². The average Bonchev–Trinajstić information content (AvgIpc) is 3.51. The third kappa shape index (κ3) is 5.31. The Bertz CT molecular complexity index is 3200. The highest BCUT2D eigenvalue weighted by molar-refractivity contribution is 6.17. The van der Waals surface area contributed by atoms with Crippen molar-refractivity contribution in [3.05, 3.63) is 223 Å². The molecule has 0 saturated heterocycles. The van der Waals surface area contributed by atoms with Crippen molar-refractivity contribution in [2.45, 2.75) is 19.3 Å². The van der Waals surface area contributed by atoms with E-state index in [2.05, 4.69) is 231 Å². The first-order valence-electron chi connectivity index (χ1n) is 20.3. The number of nitrogens with zero attached hydrogens (tertiary/aromatic N) is 1. The van der Waals surface area contributed by atoms with Crippen molar-refractivity contribution >= 4 is 49.4 Å². The summed E-state index contributed by atoms with van der Waals surface area (Å²) in [6, 6.07) is 78.4. The van der Waals surface area contributed by atoms with E-state index < -0.39 is 0 Å². The lowest BCUT2D eigenvalue weighted by atomic mass is 9.82. The molecule has 0 aromatic heterocycles. The average molecular weight is 740 g/mol. The van der Waals surface area contributed by atoms with E-state index in [4.69, 9.17) is 0 Å². The van der Waals surface area contributed by atoms with Gasteiger partial charge in [-0.05, 0) is 107 Å². The topological polar surface area (TPSA) is 3.24 Å². The third-order valence-corrected chi connectivity index (χ3v) is 12.5. The van der Waals surface area contributed by atoms with Gasteiger partial charge < -0.3 is 4.90 Å². The minimum atomic E-state index is -0.156. The van der Waals surface area contributed by atoms with Crippen molar-refractivity contribution in [2.75, 3.05) is 4.90 Å². The Labute approximate surface area is 340 Å². The zero-order valence-corrected chi connectivity index (χ0v) is 32.7. The smallest absolute Gasteiger partial charge is 0.0546 e. The molecule has 0 saturated carbocycles. The number of hydrogen-bond acceptors (Lipinski definition) is 1. The van der Waals surface area contributed by atoms with Crippen LogP contribution in [-0.4, -0.2) is 0 Å². The Morgan fingerprint density at radius 2 is 0.897 bits per heavy atom. The molecule has 1 nitrogen and oxygen atoms in total. The number of benzene rings is 10. The first-order chi connectivity index (χ1) is 28.6. The van der Waals surface area contributed by atoms with Crippen molar-refractivity contribution in [3.8, 4) is 44.5 Å². The van der Waals surface area contributed by atoms with Crippen molar-refractivity contribution in [2.24, 2.45) is 0 Å². The molecule has 0 atom stereocenters. The highest BCUT2D eigenvalue weighted by atomic mass is 15.1. The van der Waals surface area contributed by atoms with E-state index in [-0.39, 0.29) is 5.41 Å². The summed E-state index contributed by atoms with van der Waals surface area (Å²) >= 11 is 0. The summed E-state index contributed by atoms with van der Waals surface area (Å²) in [4.78, 5) is 2.53. The largest absolute Gasteiger partial charge is 0.309 e. The zero-order chi connectivity index (χ0) is 38.8. The van der Waals surface area contributed by atoms with E-state index in [0.29, 0.717) is 0 Å². The molecule has 1 aliphatic carbocycles. The van der Waals surface area contributed by atoms with Crippen LogP contribution in [0, 0.1) is 0 Å². The van der Waals surface area contributed by atoms with Gasteiger partial charge in [0, 0.05) is 22.2 Å². The molecular formula is C57H41N. The van der Waals surface area contributed by atoms with Crippen LogP contribution in [0.4, 0.5) is 17.1 Å². The predicted molar refractivity (Wildman–Crippen MR) is 248 cm³/mol. The molecule has 58 heavy (non-hydrogen) atoms. The third-order valence-electron chi connectivity index (χ3n) is 12.5. The molecule has 0 fully saturated rings. The van der Waals surface area contributed by atoms with Crippen molar-refractivity contribution in [3.63, 3.8) is 0 Å². The van der Waals surface area contributed by atoms with E-state index in [0.717, 1.165) is 17.1 Å². The first kappa shape index (κ1) is 34.1. The number of anilines is 3. The van der Waals surface area contributed by atoms with Crippen LogP contribution in [0.2, 0.25) is 0 Å². The maximum Gasteiger partial charge on any atom is 0.0546 e. The van der Waals surface area contributed by atoms with Gasteiger partial charge in [0.05, 0.1) is 11.4 Å². The molecule has 1 aliphatic rings. The second kappa shape index (κ2) is 13.5. The van der Waals surface area contributed by atoms with Gasteiger partial charge in [-0.1, -0.05) is 196 Å². The van der Waals surface area contributed by atoms with E-state index in [9.17, 15) is 0 Å². The van der Waals surface area contributed by atoms with Crippen LogP contribution in [-0.2, 0) is 5.41 Å². The summed E-state index contributed by atoms with van der Waals surface area (Å²) in [6.07, 6.45) is 0. The molecular weight excluding hydrogens is 699 g/mol. The van der Waals surface area contributed by atoms with Crippen LogP contribution in [0.3, 0.4) is 0 Å². The van der Waals surface area contributed by atoms with Gasteiger partial charge >= 0.3 is 0 Å². The Kier molecular flexibility index (Phi) is 7.91. The van der Waals surface area contributed by atoms with Gasteiger partial charge in [0.15, 0.2) is 0 Å². The molecule has 1 heteroatoms. The predicted octanol–water partition coefficient (Wildman–Crippen LogP) is 15.9. The summed E-state index contributed by atoms with van der Waals surface area (Å²) in [5.41, 5.74) is 15.8. The Hall–Kier alpha value is -7.22. The van der Waals surface area contributed by atoms with Crippen LogP contribution >= 0.6 is 0 Å². The summed E-state index contributed by atoms with van der Waals surface area (Å²) in [7, 11) is 0. The SMILES string of the molecule is CC1(C)c2ccccc2-c2ccc(N(c3ccccc3-c3ccccc3)c3cccc(-c4cc5ccccc5c5ccccc45)c3-c3cccc4ccccc34)cc21. The normalized spacial score (nSPS) is 12.8. The first-order valence-corrected chi connectivity index (χ1v) is 20.3. The molecule has 0 radical (unpaired) electrons. The zero-order valence-electron chi connectivity index (χ0n) is 32.7. The summed E-state index contributed by atoms with van der Waals surface area (Å²) < 4.78 is 0. The Morgan fingerprint density at radius 3 is 1.74 bits per heavy atom. The van der Waals surface area contributed by atoms with Gasteiger partial charge in [0.2, 0.25) is 0 Å². The molecule has 274 valence electrons. The molecule has 11 rings (SSSR count). The summed E-state index contributed by atoms with van der Waals surface area (Å²) in [5, 5.41) is 7.45. The van der Waals surface area contributed by atoms with Gasteiger partial charge in [-0.15, -0.1) is 0 Å². The fourth-order valence-corrected chi connectivity index (χ4v) is 9.72. The second-order valence-corrected chi connectivity index (χ2v) is 16.0. The molecule has 0 aliphatic heterocycles. The van der Waals surface area contributed by atoms with Crippen LogP contribution in [0.25, 0.3) is 76.8 Å². The lowest BCUT2D eigenvalue weighted by Crippen LogP contribution is -2.17. The number of rotatable bonds is 6. The fraction of sp³-hybridized carbons (Fsp3) is 0.0526. The molecule has 0 spiro atoms. The highest BCUT2D eigenvalue weighted by Gasteiger charge is 2.36. The molecule has 10 aromatic rings. The highest BCUT2D eigenvalue weighted by Crippen LogP contribution is 2.54. The fourth-order valence-electron chi connectivity index (χ4n) is 9.72. The number of para-hydroxylation sites is 1. The minimum Gasteiger partial charge on any atom is -0.309 e. The Balaban J connectivity index is 1.27. The molecule has 0 amide bonds. The van der Waals surface area contributed by atoms with Gasteiger partial charge in [0.1, 0.15) is 0 Å². The number of hydrogen-bond donors (Lipinski definition) is 0. The molecule has 0 N–H and O–H groups in total. The Morgan fingerprint density at radius 1 is 0.328 bits per heavy atom. The second-order valence-electron chi connectivity index (χ2n) is 16.0. The maximum atomic E-state index is 2.53. The van der Waals surface area contributed by atoms with Gasteiger partial charge in [-0.25, -0.2) is 0 Å². The molecule has 0 unspecified atom stereocenters. The lowest BCUT2D eigenvalue weighted by Gasteiger charge is -2.32. The maximum absolute atomic E-state index is 2.53. The summed E-state index contributed by atoms with van der Waals surface area (Å²) in [6.45, 7) is 4.74. The van der Waals surface area contributed by atoms with E-state index in [1.54, 1.807) is 0 Å². The van der Waals surface area contributed by atoms with Crippen molar-refractivity contribution in [1.29, 1.82) is 0 Å². The van der Waals surface area contributed by atoms with Gasteiger partial charge in [-0.3, -0.25) is 0 Å². The van der Waals surface area contributed by atoms with E-state index >= 15 is 0 Å².